The van der Waals surface area contributed by atoms with Crippen molar-refractivity contribution in [1.29, 1.82) is 0 Å². The maximum Gasteiger partial charge on any atom is 0.354 e. The zero-order valence-corrected chi connectivity index (χ0v) is 11.5. The molecule has 0 amide bonds. The van der Waals surface area contributed by atoms with Crippen molar-refractivity contribution >= 4 is 5.97 Å². The van der Waals surface area contributed by atoms with Gasteiger partial charge in [-0.25, -0.2) is 4.79 Å². The minimum Gasteiger partial charge on any atom is -0.317 e. The fourth-order valence-corrected chi connectivity index (χ4v) is 1.50. The molecule has 0 aromatic rings. The molecule has 17 heavy (non-hydrogen) atoms. The fourth-order valence-electron chi connectivity index (χ4n) is 1.50. The second kappa shape index (κ2) is 8.22. The van der Waals surface area contributed by atoms with Crippen LogP contribution in [0.1, 0.15) is 32.6 Å². The number of hydroxylamine groups is 1. The van der Waals surface area contributed by atoms with Crippen LogP contribution in [0.5, 0.6) is 0 Å². The molecule has 0 saturated carbocycles. The van der Waals surface area contributed by atoms with Crippen LogP contribution in [-0.2, 0) is 9.63 Å². The molecule has 0 radical (unpaired) electrons. The lowest BCUT2D eigenvalue weighted by atomic mass is 10.2. The molecule has 5 nitrogen and oxygen atoms in total. The second-order valence-electron chi connectivity index (χ2n) is 4.23. The summed E-state index contributed by atoms with van der Waals surface area (Å²) in [6, 6.07) is 0. The van der Waals surface area contributed by atoms with Crippen molar-refractivity contribution in [2.24, 2.45) is 0 Å². The average molecular weight is 244 g/mol. The Morgan fingerprint density at radius 1 is 1.47 bits per heavy atom. The first-order valence-electron chi connectivity index (χ1n) is 6.13. The van der Waals surface area contributed by atoms with Gasteiger partial charge in [0, 0.05) is 24.7 Å². The van der Waals surface area contributed by atoms with Gasteiger partial charge in [0.25, 0.3) is 0 Å². The molecule has 0 aliphatic heterocycles. The molecule has 1 N–H and O–H groups in total. The van der Waals surface area contributed by atoms with Crippen molar-refractivity contribution in [3.8, 4) is 0 Å². The minimum absolute atomic E-state index is 0.364. The van der Waals surface area contributed by atoms with E-state index in [0.29, 0.717) is 4.70 Å². The van der Waals surface area contributed by atoms with Crippen molar-refractivity contribution in [1.82, 2.24) is 10.6 Å². The third-order valence-electron chi connectivity index (χ3n) is 2.94. The summed E-state index contributed by atoms with van der Waals surface area (Å²) in [5, 5.41) is 1.51. The summed E-state index contributed by atoms with van der Waals surface area (Å²) in [5.74, 6) is -0.444. The van der Waals surface area contributed by atoms with E-state index in [-0.39, 0.29) is 0 Å². The molecule has 5 heteroatoms. The molecular formula is C12H26N3O2+. The van der Waals surface area contributed by atoms with Gasteiger partial charge in [0.2, 0.25) is 0 Å². The summed E-state index contributed by atoms with van der Waals surface area (Å²) in [4.78, 5) is 16.2. The summed E-state index contributed by atoms with van der Waals surface area (Å²) in [7, 11) is 5.54. The zero-order chi connectivity index (χ0) is 13.3. The number of nitrogens with one attached hydrogen (secondary N) is 1. The van der Waals surface area contributed by atoms with Gasteiger partial charge in [0.1, 0.15) is 13.6 Å². The SMILES string of the molecule is C=CC(=O)ON(C)[N+](C)(CCCCCC)NC. The van der Waals surface area contributed by atoms with Crippen LogP contribution in [0.2, 0.25) is 0 Å². The Hall–Kier alpha value is -0.910. The first kappa shape index (κ1) is 16.1. The molecule has 0 aliphatic rings. The summed E-state index contributed by atoms with van der Waals surface area (Å²) in [6.45, 7) is 6.44. The lowest BCUT2D eigenvalue weighted by molar-refractivity contribution is -1.08. The molecule has 0 spiro atoms. The van der Waals surface area contributed by atoms with E-state index in [1.165, 1.54) is 24.4 Å². The van der Waals surface area contributed by atoms with Crippen LogP contribution in [0.3, 0.4) is 0 Å². The van der Waals surface area contributed by atoms with Crippen LogP contribution in [0.25, 0.3) is 0 Å². The second-order valence-corrected chi connectivity index (χ2v) is 4.23. The molecule has 0 bridgehead atoms. The number of carbonyl (C=O) groups is 1. The van der Waals surface area contributed by atoms with Crippen molar-refractivity contribution in [2.75, 3.05) is 27.7 Å². The number of rotatable bonds is 9. The van der Waals surface area contributed by atoms with E-state index in [1.807, 2.05) is 14.1 Å². The fraction of sp³-hybridized carbons (Fsp3) is 0.750. The highest BCUT2D eigenvalue weighted by Crippen LogP contribution is 2.08. The quantitative estimate of drug-likeness (QED) is 0.290. The van der Waals surface area contributed by atoms with Gasteiger partial charge in [-0.1, -0.05) is 26.3 Å². The Morgan fingerprint density at radius 2 is 2.12 bits per heavy atom. The van der Waals surface area contributed by atoms with Crippen molar-refractivity contribution in [2.45, 2.75) is 32.6 Å². The summed E-state index contributed by atoms with van der Waals surface area (Å²) >= 11 is 0. The number of hydrogen-bond acceptors (Lipinski definition) is 4. The van der Waals surface area contributed by atoms with Crippen LogP contribution < -0.4 is 5.43 Å². The topological polar surface area (TPSA) is 41.6 Å². The zero-order valence-electron chi connectivity index (χ0n) is 11.5. The molecule has 0 aliphatic carbocycles. The highest BCUT2D eigenvalue weighted by Gasteiger charge is 2.29. The van der Waals surface area contributed by atoms with Crippen molar-refractivity contribution < 1.29 is 14.3 Å². The Morgan fingerprint density at radius 3 is 2.59 bits per heavy atom. The lowest BCUT2D eigenvalue weighted by Crippen LogP contribution is -2.63. The van der Waals surface area contributed by atoms with Gasteiger partial charge in [-0.2, -0.15) is 0 Å². The molecule has 0 rings (SSSR count). The lowest BCUT2D eigenvalue weighted by Gasteiger charge is -2.36. The van der Waals surface area contributed by atoms with Gasteiger partial charge in [0.05, 0.1) is 7.05 Å². The summed E-state index contributed by atoms with van der Waals surface area (Å²) in [6.07, 6.45) is 5.88. The summed E-state index contributed by atoms with van der Waals surface area (Å²) in [5.41, 5.74) is 3.14. The van der Waals surface area contributed by atoms with Crippen LogP contribution >= 0.6 is 0 Å². The number of nitrogens with zero attached hydrogens (tertiary/aromatic N) is 2. The Bertz CT molecular complexity index is 246. The van der Waals surface area contributed by atoms with Gasteiger partial charge < -0.3 is 4.84 Å². The van der Waals surface area contributed by atoms with Gasteiger partial charge >= 0.3 is 5.97 Å². The van der Waals surface area contributed by atoms with E-state index in [2.05, 4.69) is 18.9 Å². The number of unbranched alkanes of at least 4 members (excludes halogenated alkanes) is 3. The van der Waals surface area contributed by atoms with E-state index < -0.39 is 5.97 Å². The minimum atomic E-state index is -0.444. The van der Waals surface area contributed by atoms with Crippen molar-refractivity contribution in [3.63, 3.8) is 0 Å². The third kappa shape index (κ3) is 5.81. The molecule has 0 heterocycles. The third-order valence-corrected chi connectivity index (χ3v) is 2.94. The van der Waals surface area contributed by atoms with Gasteiger partial charge in [0.15, 0.2) is 0 Å². The van der Waals surface area contributed by atoms with E-state index in [1.54, 1.807) is 7.05 Å². The van der Waals surface area contributed by atoms with E-state index in [0.717, 1.165) is 19.0 Å². The average Bonchev–Trinajstić information content (AvgIpc) is 2.34. The normalized spacial score (nSPS) is 14.4. The molecule has 1 unspecified atom stereocenters. The number of quaternary nitrogens is 1. The highest BCUT2D eigenvalue weighted by molar-refractivity contribution is 5.80. The Kier molecular flexibility index (Phi) is 7.78. The number of hydrogen-bond donors (Lipinski definition) is 1. The maximum absolute atomic E-state index is 11.1. The van der Waals surface area contributed by atoms with Crippen molar-refractivity contribution in [3.05, 3.63) is 12.7 Å². The van der Waals surface area contributed by atoms with Crippen LogP contribution in [0.15, 0.2) is 12.7 Å². The van der Waals surface area contributed by atoms with E-state index in [4.69, 9.17) is 4.84 Å². The van der Waals surface area contributed by atoms with E-state index >= 15 is 0 Å². The molecule has 0 aromatic heterocycles. The summed E-state index contributed by atoms with van der Waals surface area (Å²) < 4.78 is 0.364. The van der Waals surface area contributed by atoms with Crippen LogP contribution in [0.4, 0.5) is 0 Å². The standard InChI is InChI=1S/C12H26N3O2/c1-6-8-9-10-11-15(5,13-3)14(4)17-12(16)7-2/h7,13H,2,6,8-11H2,1,3-5H3/q+1. The van der Waals surface area contributed by atoms with Gasteiger partial charge in [-0.15, -0.1) is 10.1 Å². The predicted octanol–water partition coefficient (Wildman–Crippen LogP) is 1.64. The van der Waals surface area contributed by atoms with E-state index in [9.17, 15) is 4.79 Å². The molecule has 1 atom stereocenters. The Labute approximate surface area is 105 Å². The first-order chi connectivity index (χ1) is 8.00. The molecular weight excluding hydrogens is 218 g/mol. The van der Waals surface area contributed by atoms with Crippen LogP contribution in [0, 0.1) is 0 Å². The molecule has 0 saturated heterocycles. The monoisotopic (exact) mass is 244 g/mol. The largest absolute Gasteiger partial charge is 0.354 e. The molecule has 0 aromatic carbocycles. The number of carbonyl (C=O) groups excluding carboxylic acids is 1. The highest BCUT2D eigenvalue weighted by atomic mass is 16.8. The predicted molar refractivity (Wildman–Crippen MR) is 68.3 cm³/mol. The van der Waals surface area contributed by atoms with Gasteiger partial charge in [-0.05, 0) is 6.42 Å². The molecule has 0 fully saturated rings. The Balaban J connectivity index is 4.23. The first-order valence-corrected chi connectivity index (χ1v) is 6.13. The smallest absolute Gasteiger partial charge is 0.317 e. The molecule has 100 valence electrons. The van der Waals surface area contributed by atoms with Gasteiger partial charge in [-0.3, -0.25) is 0 Å². The van der Waals surface area contributed by atoms with Crippen LogP contribution in [-0.4, -0.2) is 43.5 Å². The maximum atomic E-state index is 11.1.